The van der Waals surface area contributed by atoms with E-state index in [4.69, 9.17) is 10.8 Å². The molecule has 1 aromatic carbocycles. The summed E-state index contributed by atoms with van der Waals surface area (Å²) in [6.07, 6.45) is 1.25. The van der Waals surface area contributed by atoms with Crippen molar-refractivity contribution in [3.63, 3.8) is 0 Å². The number of nitrogen functional groups attached to an aromatic ring is 1. The average molecular weight is 269 g/mol. The third-order valence-corrected chi connectivity index (χ3v) is 3.49. The van der Waals surface area contributed by atoms with Crippen molar-refractivity contribution in [1.29, 1.82) is 0 Å². The van der Waals surface area contributed by atoms with Gasteiger partial charge in [-0.3, -0.25) is 4.72 Å². The van der Waals surface area contributed by atoms with E-state index in [1.54, 1.807) is 0 Å². The zero-order valence-electron chi connectivity index (χ0n) is 9.20. The zero-order chi connectivity index (χ0) is 13.2. The normalized spacial score (nSPS) is 11.4. The maximum absolute atomic E-state index is 12.0. The summed E-state index contributed by atoms with van der Waals surface area (Å²) in [5.74, 6) is 0.0722. The molecular formula is C10H11N3O4S. The Morgan fingerprint density at radius 2 is 2.17 bits per heavy atom. The first-order valence-corrected chi connectivity index (χ1v) is 6.43. The zero-order valence-corrected chi connectivity index (χ0v) is 10.0. The highest BCUT2D eigenvalue weighted by Crippen LogP contribution is 2.19. The Morgan fingerprint density at radius 3 is 2.78 bits per heavy atom. The molecule has 0 radical (unpaired) electrons. The molecule has 0 atom stereocenters. The minimum atomic E-state index is -3.80. The van der Waals surface area contributed by atoms with Gasteiger partial charge in [-0.25, -0.2) is 8.42 Å². The van der Waals surface area contributed by atoms with Crippen LogP contribution in [-0.4, -0.2) is 18.7 Å². The van der Waals surface area contributed by atoms with Crippen molar-refractivity contribution in [2.75, 3.05) is 10.5 Å². The first kappa shape index (κ1) is 12.4. The SMILES string of the molecule is Nc1cc(CO)cc(S(=O)(=O)Nc2ccon2)c1. The van der Waals surface area contributed by atoms with E-state index in [1.807, 2.05) is 0 Å². The van der Waals surface area contributed by atoms with Gasteiger partial charge in [-0.05, 0) is 23.8 Å². The fourth-order valence-corrected chi connectivity index (χ4v) is 2.49. The summed E-state index contributed by atoms with van der Waals surface area (Å²) in [5.41, 5.74) is 6.23. The molecule has 1 aromatic heterocycles. The predicted octanol–water partition coefficient (Wildman–Crippen LogP) is 0.550. The minimum Gasteiger partial charge on any atom is -0.399 e. The van der Waals surface area contributed by atoms with Gasteiger partial charge in [-0.15, -0.1) is 0 Å². The Morgan fingerprint density at radius 1 is 1.39 bits per heavy atom. The van der Waals surface area contributed by atoms with Gasteiger partial charge in [0, 0.05) is 11.8 Å². The molecule has 0 spiro atoms. The van der Waals surface area contributed by atoms with Crippen molar-refractivity contribution in [2.45, 2.75) is 11.5 Å². The van der Waals surface area contributed by atoms with Crippen molar-refractivity contribution < 1.29 is 18.0 Å². The summed E-state index contributed by atoms with van der Waals surface area (Å²) in [6.45, 7) is -0.294. The topological polar surface area (TPSA) is 118 Å². The number of aromatic nitrogens is 1. The third kappa shape index (κ3) is 2.60. The molecule has 0 aliphatic rings. The number of hydrogen-bond acceptors (Lipinski definition) is 6. The molecule has 4 N–H and O–H groups in total. The van der Waals surface area contributed by atoms with Gasteiger partial charge in [0.25, 0.3) is 10.0 Å². The van der Waals surface area contributed by atoms with Crippen molar-refractivity contribution in [3.05, 3.63) is 36.1 Å². The summed E-state index contributed by atoms with van der Waals surface area (Å²) in [6, 6.07) is 5.49. The second kappa shape index (κ2) is 4.67. The molecule has 2 rings (SSSR count). The number of hydrogen-bond donors (Lipinski definition) is 3. The average Bonchev–Trinajstić information content (AvgIpc) is 2.80. The molecule has 0 amide bonds. The van der Waals surface area contributed by atoms with Crippen LogP contribution in [0.15, 0.2) is 39.9 Å². The van der Waals surface area contributed by atoms with E-state index in [0.717, 1.165) is 0 Å². The van der Waals surface area contributed by atoms with Gasteiger partial charge < -0.3 is 15.4 Å². The third-order valence-electron chi connectivity index (χ3n) is 2.16. The highest BCUT2D eigenvalue weighted by molar-refractivity contribution is 7.92. The Bertz CT molecular complexity index is 637. The minimum absolute atomic E-state index is 0.0467. The number of nitrogens with one attached hydrogen (secondary N) is 1. The van der Waals surface area contributed by atoms with Crippen molar-refractivity contribution in [3.8, 4) is 0 Å². The number of aliphatic hydroxyl groups is 1. The Labute approximate surface area is 103 Å². The van der Waals surface area contributed by atoms with Gasteiger partial charge in [0.1, 0.15) is 6.26 Å². The monoisotopic (exact) mass is 269 g/mol. The lowest BCUT2D eigenvalue weighted by Gasteiger charge is -2.07. The molecule has 18 heavy (non-hydrogen) atoms. The van der Waals surface area contributed by atoms with Crippen LogP contribution in [0.5, 0.6) is 0 Å². The molecule has 2 aromatic rings. The fourth-order valence-electron chi connectivity index (χ4n) is 1.39. The van der Waals surface area contributed by atoms with Crippen LogP contribution in [0.2, 0.25) is 0 Å². The molecule has 96 valence electrons. The van der Waals surface area contributed by atoms with Gasteiger partial charge in [-0.2, -0.15) is 0 Å². The molecule has 0 saturated carbocycles. The Balaban J connectivity index is 2.38. The van der Waals surface area contributed by atoms with Crippen LogP contribution in [0.3, 0.4) is 0 Å². The summed E-state index contributed by atoms with van der Waals surface area (Å²) < 4.78 is 30.7. The van der Waals surface area contributed by atoms with Crippen LogP contribution < -0.4 is 10.5 Å². The second-order valence-corrected chi connectivity index (χ2v) is 5.24. The number of aliphatic hydroxyl groups excluding tert-OH is 1. The summed E-state index contributed by atoms with van der Waals surface area (Å²) >= 11 is 0. The van der Waals surface area contributed by atoms with Crippen LogP contribution in [-0.2, 0) is 16.6 Å². The molecule has 0 aliphatic heterocycles. The quantitative estimate of drug-likeness (QED) is 0.697. The molecule has 1 heterocycles. The van der Waals surface area contributed by atoms with Crippen LogP contribution in [0, 0.1) is 0 Å². The molecular weight excluding hydrogens is 258 g/mol. The van der Waals surface area contributed by atoms with E-state index >= 15 is 0 Å². The molecule has 7 nitrogen and oxygen atoms in total. The molecule has 0 saturated heterocycles. The number of anilines is 2. The number of nitrogens with zero attached hydrogens (tertiary/aromatic N) is 1. The van der Waals surface area contributed by atoms with Gasteiger partial charge >= 0.3 is 0 Å². The van der Waals surface area contributed by atoms with Gasteiger partial charge in [0.2, 0.25) is 0 Å². The van der Waals surface area contributed by atoms with E-state index in [2.05, 4.69) is 14.4 Å². The Kier molecular flexibility index (Phi) is 3.21. The van der Waals surface area contributed by atoms with E-state index in [9.17, 15) is 8.42 Å². The summed E-state index contributed by atoms with van der Waals surface area (Å²) in [7, 11) is -3.80. The molecule has 0 bridgehead atoms. The lowest BCUT2D eigenvalue weighted by molar-refractivity contribution is 0.281. The standard InChI is InChI=1S/C10H11N3O4S/c11-8-3-7(6-14)4-9(5-8)18(15,16)13-10-1-2-17-12-10/h1-5,14H,6,11H2,(H,12,13). The predicted molar refractivity (Wildman–Crippen MR) is 64.1 cm³/mol. The lowest BCUT2D eigenvalue weighted by Crippen LogP contribution is -2.14. The highest BCUT2D eigenvalue weighted by Gasteiger charge is 2.16. The van der Waals surface area contributed by atoms with Crippen LogP contribution in [0.1, 0.15) is 5.56 Å². The molecule has 0 aliphatic carbocycles. The Hall–Kier alpha value is -2.06. The number of sulfonamides is 1. The summed E-state index contributed by atoms with van der Waals surface area (Å²) in [4.78, 5) is -0.0467. The van der Waals surface area contributed by atoms with E-state index in [-0.39, 0.29) is 23.0 Å². The van der Waals surface area contributed by atoms with Crippen molar-refractivity contribution in [2.24, 2.45) is 0 Å². The van der Waals surface area contributed by atoms with Gasteiger partial charge in [-0.1, -0.05) is 5.16 Å². The van der Waals surface area contributed by atoms with Crippen LogP contribution >= 0.6 is 0 Å². The van der Waals surface area contributed by atoms with Crippen molar-refractivity contribution in [1.82, 2.24) is 5.16 Å². The van der Waals surface area contributed by atoms with Gasteiger partial charge in [0.05, 0.1) is 11.5 Å². The van der Waals surface area contributed by atoms with Crippen LogP contribution in [0.4, 0.5) is 11.5 Å². The number of benzene rings is 1. The first-order chi connectivity index (χ1) is 8.51. The summed E-state index contributed by atoms with van der Waals surface area (Å²) in [5, 5.41) is 12.5. The lowest BCUT2D eigenvalue weighted by atomic mass is 10.2. The largest absolute Gasteiger partial charge is 0.399 e. The maximum atomic E-state index is 12.0. The molecule has 8 heteroatoms. The van der Waals surface area contributed by atoms with E-state index in [1.165, 1.54) is 30.5 Å². The maximum Gasteiger partial charge on any atom is 0.263 e. The first-order valence-electron chi connectivity index (χ1n) is 4.95. The van der Waals surface area contributed by atoms with Crippen molar-refractivity contribution >= 4 is 21.5 Å². The van der Waals surface area contributed by atoms with E-state index in [0.29, 0.717) is 5.56 Å². The number of nitrogens with two attached hydrogens (primary N) is 1. The number of rotatable bonds is 4. The smallest absolute Gasteiger partial charge is 0.263 e. The van der Waals surface area contributed by atoms with Crippen LogP contribution in [0.25, 0.3) is 0 Å². The molecule has 0 unspecified atom stereocenters. The highest BCUT2D eigenvalue weighted by atomic mass is 32.2. The molecule has 0 fully saturated rings. The fraction of sp³-hybridized carbons (Fsp3) is 0.100. The second-order valence-electron chi connectivity index (χ2n) is 3.56. The van der Waals surface area contributed by atoms with E-state index < -0.39 is 10.0 Å². The van der Waals surface area contributed by atoms with Gasteiger partial charge in [0.15, 0.2) is 5.82 Å².